The molecule has 2 rings (SSSR count). The molecule has 0 saturated carbocycles. The van der Waals surface area contributed by atoms with E-state index >= 15 is 0 Å². The van der Waals surface area contributed by atoms with Gasteiger partial charge in [0.2, 0.25) is 0 Å². The first-order valence-electron chi connectivity index (χ1n) is 5.43. The fourth-order valence-electron chi connectivity index (χ4n) is 1.66. The number of esters is 1. The Labute approximate surface area is 130 Å². The Morgan fingerprint density at radius 1 is 1.20 bits per heavy atom. The van der Waals surface area contributed by atoms with Gasteiger partial charge >= 0.3 is 5.97 Å². The Morgan fingerprint density at radius 3 is 2.35 bits per heavy atom. The fraction of sp³-hybridized carbons (Fsp3) is 0.0769. The van der Waals surface area contributed by atoms with Crippen LogP contribution < -0.4 is 5.73 Å². The fourth-order valence-corrected chi connectivity index (χ4v) is 2.65. The summed E-state index contributed by atoms with van der Waals surface area (Å²) in [5.41, 5.74) is 7.04. The summed E-state index contributed by atoms with van der Waals surface area (Å²) in [5.74, 6) is -0.576. The summed E-state index contributed by atoms with van der Waals surface area (Å²) >= 11 is 18.1. The Hall–Kier alpha value is -1.49. The molecular weight excluding hydrogens is 323 g/mol. The quantitative estimate of drug-likeness (QED) is 0.842. The second kappa shape index (κ2) is 5.87. The lowest BCUT2D eigenvalue weighted by Gasteiger charge is -2.11. The van der Waals surface area contributed by atoms with Gasteiger partial charge in [0.25, 0.3) is 0 Å². The van der Waals surface area contributed by atoms with Crippen LogP contribution in [0.15, 0.2) is 24.3 Å². The average Bonchev–Trinajstić information content (AvgIpc) is 2.38. The number of nitrogens with zero attached hydrogens (tertiary/aromatic N) is 1. The number of carbonyl (C=O) groups excluding carboxylic acids is 1. The maximum atomic E-state index is 11.5. The molecule has 0 atom stereocenters. The molecule has 0 unspecified atom stereocenters. The number of hydrogen-bond donors (Lipinski definition) is 1. The van der Waals surface area contributed by atoms with Gasteiger partial charge in [-0.3, -0.25) is 0 Å². The Bertz CT molecular complexity index is 666. The zero-order valence-corrected chi connectivity index (χ0v) is 12.6. The predicted octanol–water partition coefficient (Wildman–Crippen LogP) is 4.08. The topological polar surface area (TPSA) is 65.2 Å². The molecular formula is C13H9Cl3N2O2. The van der Waals surface area contributed by atoms with Gasteiger partial charge in [-0.2, -0.15) is 0 Å². The number of halogens is 3. The molecule has 0 aliphatic carbocycles. The normalized spacial score (nSPS) is 10.4. The van der Waals surface area contributed by atoms with Crippen LogP contribution in [0.1, 0.15) is 10.5 Å². The zero-order chi connectivity index (χ0) is 14.9. The van der Waals surface area contributed by atoms with Gasteiger partial charge in [0, 0.05) is 10.6 Å². The summed E-state index contributed by atoms with van der Waals surface area (Å²) in [7, 11) is 1.27. The molecule has 4 nitrogen and oxygen atoms in total. The molecule has 0 radical (unpaired) electrons. The highest BCUT2D eigenvalue weighted by atomic mass is 35.5. The van der Waals surface area contributed by atoms with Crippen molar-refractivity contribution in [2.75, 3.05) is 12.8 Å². The number of hydrogen-bond acceptors (Lipinski definition) is 4. The summed E-state index contributed by atoms with van der Waals surface area (Å²) in [5, 5.41) is 0.985. The van der Waals surface area contributed by atoms with Crippen molar-refractivity contribution in [1.29, 1.82) is 0 Å². The van der Waals surface area contributed by atoms with Gasteiger partial charge in [-0.15, -0.1) is 0 Å². The number of ether oxygens (including phenoxy) is 1. The van der Waals surface area contributed by atoms with E-state index in [2.05, 4.69) is 9.72 Å². The lowest BCUT2D eigenvalue weighted by molar-refractivity contribution is 0.0594. The Morgan fingerprint density at radius 2 is 1.80 bits per heavy atom. The van der Waals surface area contributed by atoms with Crippen molar-refractivity contribution in [1.82, 2.24) is 4.98 Å². The largest absolute Gasteiger partial charge is 0.464 e. The van der Waals surface area contributed by atoms with E-state index in [1.807, 2.05) is 0 Å². The van der Waals surface area contributed by atoms with Crippen molar-refractivity contribution >= 4 is 46.5 Å². The minimum absolute atomic E-state index is 0.110. The van der Waals surface area contributed by atoms with Gasteiger partial charge in [-0.05, 0) is 24.3 Å². The van der Waals surface area contributed by atoms with E-state index < -0.39 is 5.97 Å². The molecule has 1 heterocycles. The third kappa shape index (κ3) is 2.82. The smallest absolute Gasteiger partial charge is 0.356 e. The number of rotatable bonds is 2. The highest BCUT2D eigenvalue weighted by Crippen LogP contribution is 2.38. The van der Waals surface area contributed by atoms with E-state index in [4.69, 9.17) is 40.5 Å². The maximum Gasteiger partial charge on any atom is 0.356 e. The molecule has 0 spiro atoms. The molecule has 0 aliphatic rings. The van der Waals surface area contributed by atoms with Crippen LogP contribution in [-0.2, 0) is 4.74 Å². The molecule has 0 amide bonds. The monoisotopic (exact) mass is 330 g/mol. The molecule has 0 aliphatic heterocycles. The summed E-state index contributed by atoms with van der Waals surface area (Å²) in [4.78, 5) is 15.7. The summed E-state index contributed by atoms with van der Waals surface area (Å²) in [6, 6.07) is 6.05. The second-order valence-electron chi connectivity index (χ2n) is 3.87. The second-order valence-corrected chi connectivity index (χ2v) is 5.12. The molecule has 2 N–H and O–H groups in total. The summed E-state index contributed by atoms with van der Waals surface area (Å²) < 4.78 is 4.62. The van der Waals surface area contributed by atoms with Crippen LogP contribution in [-0.4, -0.2) is 18.1 Å². The number of methoxy groups -OCH3 is 1. The summed E-state index contributed by atoms with van der Waals surface area (Å²) in [6.07, 6.45) is 0. The first-order valence-corrected chi connectivity index (χ1v) is 6.57. The number of anilines is 1. The van der Waals surface area contributed by atoms with E-state index in [9.17, 15) is 4.79 Å². The molecule has 1 aromatic carbocycles. The van der Waals surface area contributed by atoms with E-state index in [1.165, 1.54) is 31.4 Å². The standard InChI is InChI=1S/C13H9Cl3N2O2/c1-20-13(19)10-3-2-9(17)12(18-10)11-7(15)4-6(14)5-8(11)16/h2-5H,17H2,1H3. The van der Waals surface area contributed by atoms with Gasteiger partial charge in [-0.25, -0.2) is 9.78 Å². The molecule has 7 heteroatoms. The maximum absolute atomic E-state index is 11.5. The molecule has 20 heavy (non-hydrogen) atoms. The van der Waals surface area contributed by atoms with E-state index in [1.54, 1.807) is 0 Å². The summed E-state index contributed by atoms with van der Waals surface area (Å²) in [6.45, 7) is 0. The van der Waals surface area contributed by atoms with Gasteiger partial charge in [-0.1, -0.05) is 34.8 Å². The third-order valence-corrected chi connectivity index (χ3v) is 3.38. The predicted molar refractivity (Wildman–Crippen MR) is 80.5 cm³/mol. The lowest BCUT2D eigenvalue weighted by Crippen LogP contribution is -2.06. The van der Waals surface area contributed by atoms with Gasteiger partial charge in [0.15, 0.2) is 0 Å². The number of aromatic nitrogens is 1. The zero-order valence-electron chi connectivity index (χ0n) is 10.3. The van der Waals surface area contributed by atoms with Crippen molar-refractivity contribution < 1.29 is 9.53 Å². The highest BCUT2D eigenvalue weighted by Gasteiger charge is 2.17. The molecule has 104 valence electrons. The molecule has 0 bridgehead atoms. The van der Waals surface area contributed by atoms with Crippen molar-refractivity contribution in [2.24, 2.45) is 0 Å². The molecule has 0 saturated heterocycles. The van der Waals surface area contributed by atoms with Crippen molar-refractivity contribution in [3.63, 3.8) is 0 Å². The SMILES string of the molecule is COC(=O)c1ccc(N)c(-c2c(Cl)cc(Cl)cc2Cl)n1. The van der Waals surface area contributed by atoms with Crippen LogP contribution in [0.25, 0.3) is 11.3 Å². The minimum atomic E-state index is -0.576. The van der Waals surface area contributed by atoms with Crippen LogP contribution in [0.5, 0.6) is 0 Å². The first kappa shape index (κ1) is 14.9. The molecule has 2 aromatic rings. The number of pyridine rings is 1. The van der Waals surface area contributed by atoms with Crippen molar-refractivity contribution in [2.45, 2.75) is 0 Å². The van der Waals surface area contributed by atoms with E-state index in [-0.39, 0.29) is 5.69 Å². The van der Waals surface area contributed by atoms with Gasteiger partial charge in [0.1, 0.15) is 5.69 Å². The first-order chi connectivity index (χ1) is 9.43. The number of nitrogens with two attached hydrogens (primary N) is 1. The Kier molecular flexibility index (Phi) is 4.38. The number of nitrogen functional groups attached to an aromatic ring is 1. The van der Waals surface area contributed by atoms with E-state index in [0.717, 1.165) is 0 Å². The van der Waals surface area contributed by atoms with Crippen LogP contribution in [0.4, 0.5) is 5.69 Å². The third-order valence-electron chi connectivity index (χ3n) is 2.56. The molecule has 0 fully saturated rings. The lowest BCUT2D eigenvalue weighted by atomic mass is 10.1. The van der Waals surface area contributed by atoms with Crippen molar-refractivity contribution in [3.05, 3.63) is 45.0 Å². The molecule has 1 aromatic heterocycles. The van der Waals surface area contributed by atoms with Crippen LogP contribution in [0.3, 0.4) is 0 Å². The number of benzene rings is 1. The van der Waals surface area contributed by atoms with Crippen molar-refractivity contribution in [3.8, 4) is 11.3 Å². The average molecular weight is 332 g/mol. The van der Waals surface area contributed by atoms with Gasteiger partial charge < -0.3 is 10.5 Å². The highest BCUT2D eigenvalue weighted by molar-refractivity contribution is 6.41. The Balaban J connectivity index is 2.66. The van der Waals surface area contributed by atoms with Crippen LogP contribution in [0.2, 0.25) is 15.1 Å². The van der Waals surface area contributed by atoms with Crippen LogP contribution >= 0.6 is 34.8 Å². The van der Waals surface area contributed by atoms with Gasteiger partial charge in [0.05, 0.1) is 28.5 Å². The number of carbonyl (C=O) groups is 1. The minimum Gasteiger partial charge on any atom is -0.464 e. The van der Waals surface area contributed by atoms with E-state index in [0.29, 0.717) is 32.0 Å². The van der Waals surface area contributed by atoms with Crippen LogP contribution in [0, 0.1) is 0 Å².